The van der Waals surface area contributed by atoms with Gasteiger partial charge in [0.25, 0.3) is 0 Å². The lowest BCUT2D eigenvalue weighted by atomic mass is 9.70. The molecule has 1 atom stereocenters. The van der Waals surface area contributed by atoms with Gasteiger partial charge in [-0.1, -0.05) is 30.3 Å². The Morgan fingerprint density at radius 3 is 1.88 bits per heavy atom. The van der Waals surface area contributed by atoms with Crippen molar-refractivity contribution in [2.75, 3.05) is 0 Å². The van der Waals surface area contributed by atoms with Crippen LogP contribution >= 0.6 is 0 Å². The Bertz CT molecular complexity index is 765. The van der Waals surface area contributed by atoms with Crippen molar-refractivity contribution < 1.29 is 0 Å². The third kappa shape index (κ3) is 2.55. The van der Waals surface area contributed by atoms with Crippen LogP contribution in [0.5, 0.6) is 0 Å². The van der Waals surface area contributed by atoms with Crippen LogP contribution in [0.3, 0.4) is 0 Å². The Balaban J connectivity index is 2.13. The van der Waals surface area contributed by atoms with Crippen LogP contribution in [0.25, 0.3) is 0 Å². The molecule has 3 heterocycles. The van der Waals surface area contributed by atoms with Gasteiger partial charge in [-0.3, -0.25) is 4.98 Å². The summed E-state index contributed by atoms with van der Waals surface area (Å²) in [6.45, 7) is 0. The van der Waals surface area contributed by atoms with E-state index in [1.54, 1.807) is 24.8 Å². The number of aromatic nitrogens is 5. The van der Waals surface area contributed by atoms with Crippen molar-refractivity contribution in [3.63, 3.8) is 0 Å². The van der Waals surface area contributed by atoms with Crippen LogP contribution in [0, 0.1) is 0 Å². The van der Waals surface area contributed by atoms with E-state index in [1.165, 1.54) is 6.33 Å². The molecule has 0 saturated carbocycles. The molecule has 120 valence electrons. The third-order valence-electron chi connectivity index (χ3n) is 4.21. The van der Waals surface area contributed by atoms with Crippen LogP contribution in [0.15, 0.2) is 92.0 Å². The van der Waals surface area contributed by atoms with E-state index in [2.05, 4.69) is 37.1 Å². The molecule has 5 nitrogen and oxygen atoms in total. The van der Waals surface area contributed by atoms with Crippen LogP contribution in [-0.2, 0) is 5.41 Å². The maximum Gasteiger partial charge on any atom is 0.147 e. The molecule has 0 radical (unpaired) electrons. The summed E-state index contributed by atoms with van der Waals surface area (Å²) in [6, 6.07) is 15.9. The van der Waals surface area contributed by atoms with Crippen LogP contribution in [0.4, 0.5) is 0 Å². The van der Waals surface area contributed by atoms with Crippen molar-refractivity contribution in [2.24, 2.45) is 0 Å². The first-order chi connectivity index (χ1) is 12.4. The molecule has 0 bridgehead atoms. The molecule has 0 N–H and O–H groups in total. The number of pyridine rings is 1. The van der Waals surface area contributed by atoms with E-state index in [9.17, 15) is 0 Å². The van der Waals surface area contributed by atoms with Crippen molar-refractivity contribution >= 4 is 0 Å². The smallest absolute Gasteiger partial charge is 0.147 e. The van der Waals surface area contributed by atoms with Gasteiger partial charge >= 0.3 is 0 Å². The third-order valence-corrected chi connectivity index (χ3v) is 4.21. The maximum absolute atomic E-state index is 4.59. The first kappa shape index (κ1) is 15.1. The van der Waals surface area contributed by atoms with Gasteiger partial charge in [-0.25, -0.2) is 19.9 Å². The molecule has 0 aliphatic heterocycles. The zero-order valence-corrected chi connectivity index (χ0v) is 13.4. The number of hydrogen-bond acceptors (Lipinski definition) is 5. The second kappa shape index (κ2) is 6.57. The van der Waals surface area contributed by atoms with E-state index >= 15 is 0 Å². The average Bonchev–Trinajstić information content (AvgIpc) is 2.72. The summed E-state index contributed by atoms with van der Waals surface area (Å²) in [6.07, 6.45) is 12.2. The van der Waals surface area contributed by atoms with Crippen molar-refractivity contribution in [1.82, 2.24) is 24.9 Å². The first-order valence-corrected chi connectivity index (χ1v) is 7.91. The zero-order chi connectivity index (χ0) is 17.0. The summed E-state index contributed by atoms with van der Waals surface area (Å²) in [5, 5.41) is 0. The summed E-state index contributed by atoms with van der Waals surface area (Å²) < 4.78 is 0. The minimum absolute atomic E-state index is 0.669. The molecule has 1 aromatic carbocycles. The van der Waals surface area contributed by atoms with Gasteiger partial charge in [-0.05, 0) is 29.3 Å². The summed E-state index contributed by atoms with van der Waals surface area (Å²) in [5.41, 5.74) is 2.24. The Morgan fingerprint density at radius 2 is 1.20 bits per heavy atom. The molecule has 25 heavy (non-hydrogen) atoms. The summed E-state index contributed by atoms with van der Waals surface area (Å²) in [5.74, 6) is 0.669. The SMILES string of the molecule is c1ccc(C(c2ccncc2)(c2cncnc2)c2ncccn2)cc1. The van der Waals surface area contributed by atoms with Crippen LogP contribution in [0.1, 0.15) is 22.5 Å². The first-order valence-electron chi connectivity index (χ1n) is 7.91. The topological polar surface area (TPSA) is 64.5 Å². The molecule has 1 unspecified atom stereocenters. The molecule has 0 fully saturated rings. The van der Waals surface area contributed by atoms with Crippen molar-refractivity contribution in [3.05, 3.63) is 115 Å². The highest BCUT2D eigenvalue weighted by atomic mass is 14.9. The molecule has 4 aromatic rings. The second-order valence-electron chi connectivity index (χ2n) is 5.55. The van der Waals surface area contributed by atoms with E-state index < -0.39 is 5.41 Å². The maximum atomic E-state index is 4.59. The van der Waals surface area contributed by atoms with Crippen LogP contribution < -0.4 is 0 Å². The van der Waals surface area contributed by atoms with Crippen LogP contribution in [0.2, 0.25) is 0 Å². The predicted octanol–water partition coefficient (Wildman–Crippen LogP) is 3.04. The lowest BCUT2D eigenvalue weighted by molar-refractivity contribution is 0.670. The molecule has 3 aromatic heterocycles. The number of benzene rings is 1. The quantitative estimate of drug-likeness (QED) is 0.577. The summed E-state index contributed by atoms with van der Waals surface area (Å²) in [7, 11) is 0. The lowest BCUT2D eigenvalue weighted by Gasteiger charge is -2.33. The van der Waals surface area contributed by atoms with Gasteiger partial charge in [0.05, 0.1) is 0 Å². The number of hydrogen-bond donors (Lipinski definition) is 0. The Hall–Kier alpha value is -3.47. The van der Waals surface area contributed by atoms with Crippen molar-refractivity contribution in [1.29, 1.82) is 0 Å². The van der Waals surface area contributed by atoms with E-state index in [-0.39, 0.29) is 0 Å². The predicted molar refractivity (Wildman–Crippen MR) is 93.7 cm³/mol. The Morgan fingerprint density at radius 1 is 0.560 bits per heavy atom. The molecule has 0 saturated heterocycles. The fourth-order valence-corrected chi connectivity index (χ4v) is 3.16. The van der Waals surface area contributed by atoms with E-state index in [0.717, 1.165) is 16.7 Å². The second-order valence-corrected chi connectivity index (χ2v) is 5.55. The standard InChI is InChI=1S/C20H15N5/c1-2-5-16(6-3-1)20(17-7-11-21-12-8-17,18-13-22-15-23-14-18)19-24-9-4-10-25-19/h1-15H. The summed E-state index contributed by atoms with van der Waals surface area (Å²) in [4.78, 5) is 21.8. The molecular weight excluding hydrogens is 310 g/mol. The van der Waals surface area contributed by atoms with E-state index in [1.807, 2.05) is 48.8 Å². The minimum atomic E-state index is -0.716. The summed E-state index contributed by atoms with van der Waals surface area (Å²) >= 11 is 0. The molecular formula is C20H15N5. The van der Waals surface area contributed by atoms with Gasteiger partial charge in [0.15, 0.2) is 0 Å². The van der Waals surface area contributed by atoms with Gasteiger partial charge in [0, 0.05) is 42.7 Å². The molecule has 4 rings (SSSR count). The van der Waals surface area contributed by atoms with Gasteiger partial charge in [0.2, 0.25) is 0 Å². The Kier molecular flexibility index (Phi) is 3.96. The monoisotopic (exact) mass is 325 g/mol. The zero-order valence-electron chi connectivity index (χ0n) is 13.4. The van der Waals surface area contributed by atoms with Gasteiger partial charge < -0.3 is 0 Å². The molecule has 0 spiro atoms. The van der Waals surface area contributed by atoms with Gasteiger partial charge in [0.1, 0.15) is 17.6 Å². The number of nitrogens with zero attached hydrogens (tertiary/aromatic N) is 5. The van der Waals surface area contributed by atoms with E-state index in [4.69, 9.17) is 0 Å². The van der Waals surface area contributed by atoms with Crippen molar-refractivity contribution in [3.8, 4) is 0 Å². The molecule has 0 aliphatic rings. The highest BCUT2D eigenvalue weighted by molar-refractivity contribution is 5.54. The van der Waals surface area contributed by atoms with E-state index in [0.29, 0.717) is 5.82 Å². The van der Waals surface area contributed by atoms with Crippen molar-refractivity contribution in [2.45, 2.75) is 5.41 Å². The van der Waals surface area contributed by atoms with Gasteiger partial charge in [-0.15, -0.1) is 0 Å². The van der Waals surface area contributed by atoms with Crippen LogP contribution in [-0.4, -0.2) is 24.9 Å². The fourth-order valence-electron chi connectivity index (χ4n) is 3.16. The molecule has 0 aliphatic carbocycles. The molecule has 0 amide bonds. The Labute approximate surface area is 145 Å². The largest absolute Gasteiger partial charge is 0.265 e. The fraction of sp³-hybridized carbons (Fsp3) is 0.0500. The highest BCUT2D eigenvalue weighted by Gasteiger charge is 2.41. The lowest BCUT2D eigenvalue weighted by Crippen LogP contribution is -2.33. The minimum Gasteiger partial charge on any atom is -0.265 e. The average molecular weight is 325 g/mol. The highest BCUT2D eigenvalue weighted by Crippen LogP contribution is 2.42. The number of rotatable bonds is 4. The van der Waals surface area contributed by atoms with Gasteiger partial charge in [-0.2, -0.15) is 0 Å². The molecule has 5 heteroatoms. The normalized spacial score (nSPS) is 13.1.